The molecule has 2 atom stereocenters. The van der Waals surface area contributed by atoms with E-state index in [1.807, 2.05) is 6.08 Å². The Bertz CT molecular complexity index is 253. The average molecular weight is 260 g/mol. The van der Waals surface area contributed by atoms with Gasteiger partial charge in [-0.25, -0.2) is 0 Å². The summed E-state index contributed by atoms with van der Waals surface area (Å²) in [5, 5.41) is 0. The van der Waals surface area contributed by atoms with Crippen LogP contribution in [-0.2, 0) is 13.6 Å². The molecule has 0 spiro atoms. The fourth-order valence-electron chi connectivity index (χ4n) is 1.41. The molecule has 1 rings (SSSR count). The molecule has 0 N–H and O–H groups in total. The maximum absolute atomic E-state index is 6.04. The normalized spacial score (nSPS) is 25.9. The zero-order valence-electron chi connectivity index (χ0n) is 11.2. The van der Waals surface area contributed by atoms with Crippen molar-refractivity contribution in [3.8, 4) is 0 Å². The second kappa shape index (κ2) is 5.04. The number of rotatable bonds is 5. The molecule has 1 aliphatic heterocycles. The minimum absolute atomic E-state index is 0.0402. The van der Waals surface area contributed by atoms with Crippen LogP contribution >= 0.6 is 0 Å². The smallest absolute Gasteiger partial charge is 0.184 e. The first kappa shape index (κ1) is 14.0. The maximum Gasteiger partial charge on any atom is 0.184 e. The van der Waals surface area contributed by atoms with Gasteiger partial charge in [0, 0.05) is 0 Å². The lowest BCUT2D eigenvalue weighted by atomic mass is 10.2. The zero-order valence-corrected chi connectivity index (χ0v) is 13.2. The average Bonchev–Trinajstić information content (AvgIpc) is 2.44. The van der Waals surface area contributed by atoms with Crippen LogP contribution in [0.3, 0.4) is 0 Å². The fourth-order valence-corrected chi connectivity index (χ4v) is 3.13. The topological polar surface area (TPSA) is 27.7 Å². The SMILES string of the molecule is C[Si](C)(C)OC[C@H]1OC=CC1O[Si](C)(C)C. The van der Waals surface area contributed by atoms with Gasteiger partial charge in [0.2, 0.25) is 0 Å². The summed E-state index contributed by atoms with van der Waals surface area (Å²) >= 11 is 0. The van der Waals surface area contributed by atoms with Crippen molar-refractivity contribution in [2.75, 3.05) is 6.61 Å². The highest BCUT2D eigenvalue weighted by molar-refractivity contribution is 6.70. The molecule has 0 aromatic heterocycles. The molecule has 0 saturated heterocycles. The van der Waals surface area contributed by atoms with E-state index in [9.17, 15) is 0 Å². The lowest BCUT2D eigenvalue weighted by Crippen LogP contribution is -2.40. The molecule has 0 radical (unpaired) electrons. The molecule has 0 aliphatic carbocycles. The Balaban J connectivity index is 2.43. The van der Waals surface area contributed by atoms with Crippen molar-refractivity contribution >= 4 is 16.6 Å². The molecule has 0 saturated carbocycles. The van der Waals surface area contributed by atoms with E-state index in [4.69, 9.17) is 13.6 Å². The lowest BCUT2D eigenvalue weighted by Gasteiger charge is -2.28. The molecule has 0 fully saturated rings. The van der Waals surface area contributed by atoms with Gasteiger partial charge in [-0.05, 0) is 45.4 Å². The number of hydrogen-bond donors (Lipinski definition) is 0. The van der Waals surface area contributed by atoms with Crippen LogP contribution in [0.15, 0.2) is 12.3 Å². The summed E-state index contributed by atoms with van der Waals surface area (Å²) in [5.41, 5.74) is 0. The van der Waals surface area contributed by atoms with Gasteiger partial charge in [0.05, 0.1) is 12.9 Å². The number of ether oxygens (including phenoxy) is 1. The highest BCUT2D eigenvalue weighted by Crippen LogP contribution is 2.20. The van der Waals surface area contributed by atoms with Gasteiger partial charge in [-0.3, -0.25) is 0 Å². The first-order valence-electron chi connectivity index (χ1n) is 5.81. The summed E-state index contributed by atoms with van der Waals surface area (Å²) in [4.78, 5) is 0. The fraction of sp³-hybridized carbons (Fsp3) is 0.818. The minimum atomic E-state index is -1.51. The summed E-state index contributed by atoms with van der Waals surface area (Å²) in [5.74, 6) is 0. The molecule has 0 amide bonds. The van der Waals surface area contributed by atoms with Crippen LogP contribution in [0.4, 0.5) is 0 Å². The largest absolute Gasteiger partial charge is 0.493 e. The van der Waals surface area contributed by atoms with Gasteiger partial charge in [0.25, 0.3) is 0 Å². The molecule has 5 heteroatoms. The van der Waals surface area contributed by atoms with Crippen molar-refractivity contribution in [1.29, 1.82) is 0 Å². The van der Waals surface area contributed by atoms with Crippen LogP contribution in [0.1, 0.15) is 0 Å². The van der Waals surface area contributed by atoms with Crippen molar-refractivity contribution in [3.63, 3.8) is 0 Å². The number of hydrogen-bond acceptors (Lipinski definition) is 3. The molecule has 1 aliphatic rings. The van der Waals surface area contributed by atoms with Crippen LogP contribution in [0.2, 0.25) is 39.3 Å². The molecule has 16 heavy (non-hydrogen) atoms. The highest BCUT2D eigenvalue weighted by Gasteiger charge is 2.31. The molecule has 0 bridgehead atoms. The zero-order chi connectivity index (χ0) is 12.4. The molecule has 3 nitrogen and oxygen atoms in total. The maximum atomic E-state index is 6.04. The summed E-state index contributed by atoms with van der Waals surface area (Å²) in [6.45, 7) is 13.8. The summed E-state index contributed by atoms with van der Waals surface area (Å²) in [7, 11) is -2.98. The summed E-state index contributed by atoms with van der Waals surface area (Å²) in [6, 6.07) is 0. The highest BCUT2D eigenvalue weighted by atomic mass is 28.4. The van der Waals surface area contributed by atoms with Crippen molar-refractivity contribution in [2.45, 2.75) is 51.5 Å². The van der Waals surface area contributed by atoms with E-state index in [2.05, 4.69) is 39.3 Å². The van der Waals surface area contributed by atoms with Crippen molar-refractivity contribution in [1.82, 2.24) is 0 Å². The van der Waals surface area contributed by atoms with Gasteiger partial charge in [-0.15, -0.1) is 0 Å². The van der Waals surface area contributed by atoms with E-state index in [0.29, 0.717) is 6.61 Å². The second-order valence-corrected chi connectivity index (χ2v) is 15.1. The summed E-state index contributed by atoms with van der Waals surface area (Å²) < 4.78 is 17.4. The Morgan fingerprint density at radius 1 is 1.06 bits per heavy atom. The van der Waals surface area contributed by atoms with Gasteiger partial charge < -0.3 is 13.6 Å². The third-order valence-corrected chi connectivity index (χ3v) is 4.07. The van der Waals surface area contributed by atoms with Crippen LogP contribution in [0.25, 0.3) is 0 Å². The predicted molar refractivity (Wildman–Crippen MR) is 71.5 cm³/mol. The van der Waals surface area contributed by atoms with E-state index in [1.165, 1.54) is 0 Å². The Morgan fingerprint density at radius 2 is 1.69 bits per heavy atom. The van der Waals surface area contributed by atoms with Crippen molar-refractivity contribution in [3.05, 3.63) is 12.3 Å². The monoisotopic (exact) mass is 260 g/mol. The standard InChI is InChI=1S/C11H24O3Si2/c1-15(2,3)13-9-11-10(7-8-12-11)14-16(4,5)6/h7-8,10-11H,9H2,1-6H3/t10?,11-/m1/s1. The molecular formula is C11H24O3Si2. The predicted octanol–water partition coefficient (Wildman–Crippen LogP) is 2.97. The first-order valence-corrected chi connectivity index (χ1v) is 12.6. The van der Waals surface area contributed by atoms with Crippen molar-refractivity contribution in [2.24, 2.45) is 0 Å². The Kier molecular flexibility index (Phi) is 4.39. The van der Waals surface area contributed by atoms with E-state index in [1.54, 1.807) is 6.26 Å². The molecule has 1 heterocycles. The van der Waals surface area contributed by atoms with Crippen LogP contribution in [0, 0.1) is 0 Å². The first-order chi connectivity index (χ1) is 7.17. The van der Waals surface area contributed by atoms with E-state index in [0.717, 1.165) is 0 Å². The van der Waals surface area contributed by atoms with Crippen LogP contribution in [0.5, 0.6) is 0 Å². The van der Waals surface area contributed by atoms with Crippen molar-refractivity contribution < 1.29 is 13.6 Å². The van der Waals surface area contributed by atoms with Crippen LogP contribution < -0.4 is 0 Å². The van der Waals surface area contributed by atoms with E-state index >= 15 is 0 Å². The molecular weight excluding hydrogens is 236 g/mol. The second-order valence-electron chi connectivity index (χ2n) is 6.12. The van der Waals surface area contributed by atoms with Gasteiger partial charge in [0.15, 0.2) is 16.6 Å². The third-order valence-electron chi connectivity index (χ3n) is 2.06. The van der Waals surface area contributed by atoms with E-state index in [-0.39, 0.29) is 12.2 Å². The quantitative estimate of drug-likeness (QED) is 0.711. The van der Waals surface area contributed by atoms with E-state index < -0.39 is 16.6 Å². The molecule has 94 valence electrons. The van der Waals surface area contributed by atoms with Gasteiger partial charge in [-0.2, -0.15) is 0 Å². The van der Waals surface area contributed by atoms with Gasteiger partial charge in [-0.1, -0.05) is 0 Å². The lowest BCUT2D eigenvalue weighted by molar-refractivity contribution is 0.0347. The molecule has 0 aromatic rings. The molecule has 0 aromatic carbocycles. The third kappa shape index (κ3) is 5.29. The Labute approximate surface area is 101 Å². The molecule has 1 unspecified atom stereocenters. The van der Waals surface area contributed by atoms with Gasteiger partial charge >= 0.3 is 0 Å². The summed E-state index contributed by atoms with van der Waals surface area (Å²) in [6.07, 6.45) is 3.85. The minimum Gasteiger partial charge on any atom is -0.493 e. The van der Waals surface area contributed by atoms with Gasteiger partial charge in [0.1, 0.15) is 12.2 Å². The Morgan fingerprint density at radius 3 is 2.19 bits per heavy atom. The Hall–Kier alpha value is -0.106. The van der Waals surface area contributed by atoms with Crippen LogP contribution in [-0.4, -0.2) is 35.4 Å².